The Morgan fingerprint density at radius 3 is 2.67 bits per heavy atom. The predicted octanol–water partition coefficient (Wildman–Crippen LogP) is 2.01. The van der Waals surface area contributed by atoms with E-state index in [1.54, 1.807) is 6.07 Å². The van der Waals surface area contributed by atoms with Crippen LogP contribution in [0.15, 0.2) is 12.1 Å². The molecule has 1 fully saturated rings. The first-order valence-corrected chi connectivity index (χ1v) is 7.05. The van der Waals surface area contributed by atoms with Gasteiger partial charge in [-0.05, 0) is 38.9 Å². The summed E-state index contributed by atoms with van der Waals surface area (Å²) in [5.41, 5.74) is 5.86. The first-order chi connectivity index (χ1) is 8.55. The standard InChI is InChI=1S/C12H19N3O2S/c1-12(9-13,14-6-2-3-7-14)8-10-4-5-11(18-10)15(16)17/h4-5H,2-3,6-9,13H2,1H3. The Kier molecular flexibility index (Phi) is 3.99. The van der Waals surface area contributed by atoms with Crippen molar-refractivity contribution in [1.82, 2.24) is 4.90 Å². The molecule has 0 spiro atoms. The van der Waals surface area contributed by atoms with Gasteiger partial charge in [0.2, 0.25) is 0 Å². The molecular formula is C12H19N3O2S. The van der Waals surface area contributed by atoms with Crippen LogP contribution in [0, 0.1) is 10.1 Å². The Balaban J connectivity index is 2.10. The lowest BCUT2D eigenvalue weighted by Gasteiger charge is -2.37. The van der Waals surface area contributed by atoms with Gasteiger partial charge in [-0.1, -0.05) is 11.3 Å². The molecule has 1 aromatic rings. The minimum Gasteiger partial charge on any atom is -0.329 e. The fraction of sp³-hybridized carbons (Fsp3) is 0.667. The summed E-state index contributed by atoms with van der Waals surface area (Å²) in [5.74, 6) is 0. The van der Waals surface area contributed by atoms with Gasteiger partial charge in [0.05, 0.1) is 4.92 Å². The van der Waals surface area contributed by atoms with Gasteiger partial charge in [-0.2, -0.15) is 0 Å². The Morgan fingerprint density at radius 2 is 2.17 bits per heavy atom. The highest BCUT2D eigenvalue weighted by molar-refractivity contribution is 7.15. The molecule has 0 amide bonds. The van der Waals surface area contributed by atoms with Gasteiger partial charge in [0.15, 0.2) is 0 Å². The molecule has 18 heavy (non-hydrogen) atoms. The zero-order valence-electron chi connectivity index (χ0n) is 10.6. The number of hydrogen-bond acceptors (Lipinski definition) is 5. The van der Waals surface area contributed by atoms with E-state index in [1.165, 1.54) is 24.2 Å². The first-order valence-electron chi connectivity index (χ1n) is 6.23. The highest BCUT2D eigenvalue weighted by atomic mass is 32.1. The molecule has 0 aromatic carbocycles. The van der Waals surface area contributed by atoms with Crippen LogP contribution in [-0.2, 0) is 6.42 Å². The van der Waals surface area contributed by atoms with E-state index in [0.29, 0.717) is 6.54 Å². The second-order valence-corrected chi connectivity index (χ2v) is 6.22. The van der Waals surface area contributed by atoms with Crippen molar-refractivity contribution in [3.63, 3.8) is 0 Å². The van der Waals surface area contributed by atoms with E-state index < -0.39 is 0 Å². The summed E-state index contributed by atoms with van der Waals surface area (Å²) >= 11 is 1.26. The summed E-state index contributed by atoms with van der Waals surface area (Å²) < 4.78 is 0. The highest BCUT2D eigenvalue weighted by Gasteiger charge is 2.33. The van der Waals surface area contributed by atoms with Gasteiger partial charge in [0, 0.05) is 29.4 Å². The third kappa shape index (κ3) is 2.71. The maximum atomic E-state index is 10.7. The average molecular weight is 269 g/mol. The molecule has 1 aliphatic rings. The smallest absolute Gasteiger partial charge is 0.324 e. The van der Waals surface area contributed by atoms with Crippen molar-refractivity contribution in [2.24, 2.45) is 5.73 Å². The monoisotopic (exact) mass is 269 g/mol. The molecule has 1 atom stereocenters. The molecule has 0 radical (unpaired) electrons. The molecule has 2 N–H and O–H groups in total. The molecule has 100 valence electrons. The largest absolute Gasteiger partial charge is 0.329 e. The maximum absolute atomic E-state index is 10.7. The van der Waals surface area contributed by atoms with E-state index in [-0.39, 0.29) is 15.5 Å². The number of nitrogens with zero attached hydrogens (tertiary/aromatic N) is 2. The number of likely N-dealkylation sites (tertiary alicyclic amines) is 1. The lowest BCUT2D eigenvalue weighted by molar-refractivity contribution is -0.380. The van der Waals surface area contributed by atoms with Crippen LogP contribution in [0.5, 0.6) is 0 Å². The SMILES string of the molecule is CC(CN)(Cc1ccc([N+](=O)[O-])s1)N1CCCC1. The van der Waals surface area contributed by atoms with Crippen molar-refractivity contribution >= 4 is 16.3 Å². The van der Waals surface area contributed by atoms with Crippen LogP contribution in [0.4, 0.5) is 5.00 Å². The van der Waals surface area contributed by atoms with Crippen LogP contribution >= 0.6 is 11.3 Å². The number of nitro groups is 1. The number of thiophene rings is 1. The minimum atomic E-state index is -0.330. The second-order valence-electron chi connectivity index (χ2n) is 5.07. The molecule has 1 aliphatic heterocycles. The minimum absolute atomic E-state index is 0.0742. The van der Waals surface area contributed by atoms with E-state index >= 15 is 0 Å². The predicted molar refractivity (Wildman–Crippen MR) is 72.9 cm³/mol. The number of rotatable bonds is 5. The van der Waals surface area contributed by atoms with Crippen LogP contribution in [0.2, 0.25) is 0 Å². The third-order valence-electron chi connectivity index (χ3n) is 3.69. The van der Waals surface area contributed by atoms with E-state index in [0.717, 1.165) is 24.4 Å². The van der Waals surface area contributed by atoms with Crippen LogP contribution in [-0.4, -0.2) is 35.0 Å². The van der Waals surface area contributed by atoms with Crippen molar-refractivity contribution in [3.05, 3.63) is 27.1 Å². The lowest BCUT2D eigenvalue weighted by atomic mass is 9.95. The third-order valence-corrected chi connectivity index (χ3v) is 4.73. The number of nitrogens with two attached hydrogens (primary N) is 1. The summed E-state index contributed by atoms with van der Waals surface area (Å²) in [6.07, 6.45) is 3.24. The number of hydrogen-bond donors (Lipinski definition) is 1. The van der Waals surface area contributed by atoms with Crippen LogP contribution in [0.25, 0.3) is 0 Å². The molecule has 0 saturated carbocycles. The molecule has 2 rings (SSSR count). The molecule has 1 unspecified atom stereocenters. The normalized spacial score (nSPS) is 19.9. The summed E-state index contributed by atoms with van der Waals surface area (Å²) in [6.45, 7) is 4.91. The summed E-state index contributed by atoms with van der Waals surface area (Å²) in [6, 6.07) is 3.44. The second kappa shape index (κ2) is 5.34. The van der Waals surface area contributed by atoms with Gasteiger partial charge in [-0.15, -0.1) is 0 Å². The Bertz CT molecular complexity index is 429. The molecule has 5 nitrogen and oxygen atoms in total. The van der Waals surface area contributed by atoms with Gasteiger partial charge in [0.1, 0.15) is 0 Å². The van der Waals surface area contributed by atoms with Gasteiger partial charge >= 0.3 is 5.00 Å². The molecule has 0 bridgehead atoms. The quantitative estimate of drug-likeness (QED) is 0.655. The topological polar surface area (TPSA) is 72.4 Å². The van der Waals surface area contributed by atoms with E-state index in [1.807, 2.05) is 6.07 Å². The van der Waals surface area contributed by atoms with E-state index in [9.17, 15) is 10.1 Å². The molecule has 6 heteroatoms. The van der Waals surface area contributed by atoms with Gasteiger partial charge in [0.25, 0.3) is 0 Å². The van der Waals surface area contributed by atoms with E-state index in [4.69, 9.17) is 5.73 Å². The molecule has 0 aliphatic carbocycles. The van der Waals surface area contributed by atoms with Crippen LogP contribution < -0.4 is 5.73 Å². The Labute approximate surface area is 111 Å². The maximum Gasteiger partial charge on any atom is 0.324 e. The van der Waals surface area contributed by atoms with E-state index in [2.05, 4.69) is 11.8 Å². The van der Waals surface area contributed by atoms with Crippen LogP contribution in [0.1, 0.15) is 24.6 Å². The Hall–Kier alpha value is -0.980. The van der Waals surface area contributed by atoms with Crippen molar-refractivity contribution in [1.29, 1.82) is 0 Å². The summed E-state index contributed by atoms with van der Waals surface area (Å²) in [4.78, 5) is 13.8. The lowest BCUT2D eigenvalue weighted by Crippen LogP contribution is -2.51. The highest BCUT2D eigenvalue weighted by Crippen LogP contribution is 2.30. The first kappa shape index (κ1) is 13.5. The van der Waals surface area contributed by atoms with Crippen LogP contribution in [0.3, 0.4) is 0 Å². The summed E-state index contributed by atoms with van der Waals surface area (Å²) in [7, 11) is 0. The Morgan fingerprint density at radius 1 is 1.50 bits per heavy atom. The van der Waals surface area contributed by atoms with Crippen molar-refractivity contribution in [2.45, 2.75) is 31.7 Å². The summed E-state index contributed by atoms with van der Waals surface area (Å²) in [5, 5.41) is 10.9. The fourth-order valence-corrected chi connectivity index (χ4v) is 3.50. The average Bonchev–Trinajstić information content (AvgIpc) is 2.99. The fourth-order valence-electron chi connectivity index (χ4n) is 2.51. The van der Waals surface area contributed by atoms with Gasteiger partial charge in [-0.25, -0.2) is 0 Å². The van der Waals surface area contributed by atoms with Crippen molar-refractivity contribution in [3.8, 4) is 0 Å². The molecular weight excluding hydrogens is 250 g/mol. The van der Waals surface area contributed by atoms with Crippen molar-refractivity contribution < 1.29 is 4.92 Å². The zero-order valence-corrected chi connectivity index (χ0v) is 11.4. The zero-order chi connectivity index (χ0) is 13.2. The molecule has 2 heterocycles. The molecule has 1 saturated heterocycles. The van der Waals surface area contributed by atoms with Gasteiger partial charge in [-0.3, -0.25) is 15.0 Å². The van der Waals surface area contributed by atoms with Crippen molar-refractivity contribution in [2.75, 3.05) is 19.6 Å². The molecule has 1 aromatic heterocycles. The van der Waals surface area contributed by atoms with Gasteiger partial charge < -0.3 is 5.73 Å².